The van der Waals surface area contributed by atoms with E-state index in [1.807, 2.05) is 0 Å². The smallest absolute Gasteiger partial charge is 0.315 e. The lowest BCUT2D eigenvalue weighted by Gasteiger charge is -2.58. The van der Waals surface area contributed by atoms with Gasteiger partial charge in [-0.2, -0.15) is 0 Å². The number of ether oxygens (including phenoxy) is 1. The lowest BCUT2D eigenvalue weighted by atomic mass is 9.42. The molecule has 0 spiro atoms. The van der Waals surface area contributed by atoms with E-state index in [1.165, 1.54) is 0 Å². The van der Waals surface area contributed by atoms with Crippen molar-refractivity contribution in [3.8, 4) is 0 Å². The molecule has 1 N–H and O–H groups in total. The van der Waals surface area contributed by atoms with E-state index < -0.39 is 22.2 Å². The highest BCUT2D eigenvalue weighted by molar-refractivity contribution is 5.90. The second-order valence-corrected chi connectivity index (χ2v) is 11.5. The van der Waals surface area contributed by atoms with Gasteiger partial charge >= 0.3 is 11.9 Å². The number of carbonyl (C=O) groups is 3. The van der Waals surface area contributed by atoms with Gasteiger partial charge in [0.05, 0.1) is 17.9 Å². The van der Waals surface area contributed by atoms with E-state index in [0.29, 0.717) is 24.7 Å². The van der Waals surface area contributed by atoms with Crippen LogP contribution in [0.15, 0.2) is 11.6 Å². The first-order valence-corrected chi connectivity index (χ1v) is 12.3. The van der Waals surface area contributed by atoms with Crippen LogP contribution in [0.1, 0.15) is 72.1 Å². The summed E-state index contributed by atoms with van der Waals surface area (Å²) >= 11 is 0. The molecular weight excluding hydrogens is 392 g/mol. The highest BCUT2D eigenvalue weighted by Gasteiger charge is 2.83. The molecule has 0 saturated heterocycles. The molecule has 0 radical (unpaired) electrons. The van der Waals surface area contributed by atoms with Crippen LogP contribution < -0.4 is 0 Å². The van der Waals surface area contributed by atoms with Crippen LogP contribution >= 0.6 is 0 Å². The lowest BCUT2D eigenvalue weighted by molar-refractivity contribution is -0.182. The maximum atomic E-state index is 13.3. The van der Waals surface area contributed by atoms with Crippen molar-refractivity contribution in [3.63, 3.8) is 0 Å². The van der Waals surface area contributed by atoms with Crippen molar-refractivity contribution < 1.29 is 24.2 Å². The highest BCUT2D eigenvalue weighted by Crippen LogP contribution is 2.83. The summed E-state index contributed by atoms with van der Waals surface area (Å²) in [6, 6.07) is 0. The molecule has 5 heteroatoms. The molecule has 6 unspecified atom stereocenters. The minimum absolute atomic E-state index is 0.0234. The molecule has 0 heterocycles. The molecular formula is C26H36O5. The monoisotopic (exact) mass is 428 g/mol. The fraction of sp³-hybridized carbons (Fsp3) is 0.808. The normalized spacial score (nSPS) is 45.2. The number of aliphatic carboxylic acids is 1. The molecule has 0 aromatic heterocycles. The predicted molar refractivity (Wildman–Crippen MR) is 115 cm³/mol. The van der Waals surface area contributed by atoms with Gasteiger partial charge in [0, 0.05) is 5.41 Å². The van der Waals surface area contributed by atoms with Gasteiger partial charge in [0.15, 0.2) is 0 Å². The van der Waals surface area contributed by atoms with Crippen LogP contribution in [-0.2, 0) is 19.1 Å². The van der Waals surface area contributed by atoms with Crippen molar-refractivity contribution in [2.45, 2.75) is 72.1 Å². The molecule has 31 heavy (non-hydrogen) atoms. The summed E-state index contributed by atoms with van der Waals surface area (Å²) in [5.74, 6) is 0.253. The number of allylic oxidation sites excluding steroid dienone is 1. The van der Waals surface area contributed by atoms with Gasteiger partial charge in [0.25, 0.3) is 0 Å². The molecule has 0 amide bonds. The summed E-state index contributed by atoms with van der Waals surface area (Å²) in [4.78, 5) is 38.6. The molecule has 0 aliphatic heterocycles. The first-order valence-electron chi connectivity index (χ1n) is 12.3. The summed E-state index contributed by atoms with van der Waals surface area (Å²) in [5.41, 5.74) is -1.57. The Kier molecular flexibility index (Phi) is 4.74. The Hall–Kier alpha value is -1.65. The molecule has 4 fully saturated rings. The third-order valence-corrected chi connectivity index (χ3v) is 10.4. The van der Waals surface area contributed by atoms with Crippen LogP contribution in [0.2, 0.25) is 0 Å². The maximum absolute atomic E-state index is 13.3. The number of esters is 1. The molecule has 5 rings (SSSR count). The molecule has 4 saturated carbocycles. The molecule has 0 aromatic carbocycles. The fourth-order valence-corrected chi connectivity index (χ4v) is 8.93. The second-order valence-electron chi connectivity index (χ2n) is 11.5. The summed E-state index contributed by atoms with van der Waals surface area (Å²) in [7, 11) is 0. The van der Waals surface area contributed by atoms with Crippen LogP contribution in [-0.4, -0.2) is 29.9 Å². The topological polar surface area (TPSA) is 80.7 Å². The van der Waals surface area contributed by atoms with Crippen LogP contribution in [0.3, 0.4) is 0 Å². The summed E-state index contributed by atoms with van der Waals surface area (Å²) in [6.45, 7) is 6.65. The zero-order valence-electron chi connectivity index (χ0n) is 19.1. The van der Waals surface area contributed by atoms with Gasteiger partial charge in [-0.15, -0.1) is 0 Å². The highest BCUT2D eigenvalue weighted by atomic mass is 16.5. The molecule has 5 aliphatic carbocycles. The number of fused-ring (bicyclic) bond motifs is 2. The summed E-state index contributed by atoms with van der Waals surface area (Å²) in [5, 5.41) is 10.9. The summed E-state index contributed by atoms with van der Waals surface area (Å²) in [6.07, 6.45) is 10.2. The van der Waals surface area contributed by atoms with Crippen LogP contribution in [0, 0.1) is 51.8 Å². The number of carboxylic acid groups (broad SMARTS) is 1. The Morgan fingerprint density at radius 3 is 2.55 bits per heavy atom. The van der Waals surface area contributed by atoms with Crippen LogP contribution in [0.5, 0.6) is 0 Å². The van der Waals surface area contributed by atoms with Crippen molar-refractivity contribution in [3.05, 3.63) is 11.6 Å². The van der Waals surface area contributed by atoms with Crippen molar-refractivity contribution in [1.29, 1.82) is 0 Å². The first-order chi connectivity index (χ1) is 14.7. The molecule has 7 atom stereocenters. The van der Waals surface area contributed by atoms with Gasteiger partial charge in [-0.3, -0.25) is 9.59 Å². The third-order valence-electron chi connectivity index (χ3n) is 10.4. The van der Waals surface area contributed by atoms with Crippen molar-refractivity contribution in [2.75, 3.05) is 6.61 Å². The van der Waals surface area contributed by atoms with Crippen molar-refractivity contribution in [1.82, 2.24) is 0 Å². The van der Waals surface area contributed by atoms with Crippen molar-refractivity contribution >= 4 is 18.2 Å². The van der Waals surface area contributed by atoms with E-state index >= 15 is 0 Å². The van der Waals surface area contributed by atoms with Gasteiger partial charge in [0.2, 0.25) is 0 Å². The van der Waals surface area contributed by atoms with Gasteiger partial charge in [-0.05, 0) is 68.1 Å². The fourth-order valence-electron chi connectivity index (χ4n) is 8.93. The Labute approximate surface area is 185 Å². The van der Waals surface area contributed by atoms with Crippen LogP contribution in [0.4, 0.5) is 0 Å². The minimum Gasteiger partial charge on any atom is -0.481 e. The second kappa shape index (κ2) is 6.92. The minimum atomic E-state index is -1.16. The Bertz CT molecular complexity index is 841. The molecule has 170 valence electrons. The third kappa shape index (κ3) is 2.36. The predicted octanol–water partition coefficient (Wildman–Crippen LogP) is 4.64. The SMILES string of the molecule is CC(C)C1=CC2CC3(C=O)C4CC[C@@H](C)C4CC2(CCOC(=O)C2CCC2)C13C(=O)O. The number of carbonyl (C=O) groups excluding carboxylic acids is 2. The molecule has 5 nitrogen and oxygen atoms in total. The van der Waals surface area contributed by atoms with E-state index in [9.17, 15) is 19.5 Å². The van der Waals surface area contributed by atoms with Gasteiger partial charge in [0.1, 0.15) is 11.7 Å². The van der Waals surface area contributed by atoms with E-state index in [4.69, 9.17) is 4.74 Å². The number of carboxylic acids is 1. The average Bonchev–Trinajstić information content (AvgIpc) is 3.23. The number of aldehydes is 1. The van der Waals surface area contributed by atoms with E-state index in [0.717, 1.165) is 50.4 Å². The van der Waals surface area contributed by atoms with Gasteiger partial charge in [-0.25, -0.2) is 0 Å². The zero-order chi connectivity index (χ0) is 22.2. The number of rotatable bonds is 7. The number of hydrogen-bond acceptors (Lipinski definition) is 4. The average molecular weight is 429 g/mol. The van der Waals surface area contributed by atoms with E-state index in [1.54, 1.807) is 0 Å². The van der Waals surface area contributed by atoms with E-state index in [2.05, 4.69) is 26.8 Å². The van der Waals surface area contributed by atoms with E-state index in [-0.39, 0.29) is 36.2 Å². The number of hydrogen-bond donors (Lipinski definition) is 1. The van der Waals surface area contributed by atoms with Crippen molar-refractivity contribution in [2.24, 2.45) is 51.8 Å². The quantitative estimate of drug-likeness (QED) is 0.363. The first kappa shape index (κ1) is 21.2. The zero-order valence-corrected chi connectivity index (χ0v) is 19.1. The Morgan fingerprint density at radius 1 is 1.23 bits per heavy atom. The lowest BCUT2D eigenvalue weighted by Crippen LogP contribution is -2.62. The molecule has 5 aliphatic rings. The molecule has 0 aromatic rings. The Balaban J connectivity index is 1.57. The Morgan fingerprint density at radius 2 is 1.97 bits per heavy atom. The molecule has 4 bridgehead atoms. The maximum Gasteiger partial charge on any atom is 0.315 e. The van der Waals surface area contributed by atoms with Gasteiger partial charge in [-0.1, -0.05) is 45.3 Å². The standard InChI is InChI=1S/C26H36O5/c1-15(2)21-11-18-12-25(14-27)20-8-7-16(3)19(20)13-24(18,26(21,25)23(29)30)9-10-31-22(28)17-5-4-6-17/h11,14-20H,4-10,12-13H2,1-3H3,(H,29,30)/t16-,18?,19?,20?,24?,25?,26?/m1/s1. The van der Waals surface area contributed by atoms with Gasteiger partial charge < -0.3 is 14.6 Å². The summed E-state index contributed by atoms with van der Waals surface area (Å²) < 4.78 is 5.70. The largest absolute Gasteiger partial charge is 0.481 e. The van der Waals surface area contributed by atoms with Crippen LogP contribution in [0.25, 0.3) is 0 Å².